The molecule has 0 saturated carbocycles. The molecule has 0 aromatic heterocycles. The molecule has 3 unspecified atom stereocenters. The van der Waals surface area contributed by atoms with Crippen LogP contribution in [0.15, 0.2) is 36.4 Å². The first kappa shape index (κ1) is 19.4. The molecule has 6 heteroatoms. The number of phenols is 1. The second kappa shape index (κ2) is 8.53. The van der Waals surface area contributed by atoms with E-state index in [1.165, 1.54) is 0 Å². The number of aliphatic hydroxyl groups is 2. The molecule has 2 aromatic carbocycles. The summed E-state index contributed by atoms with van der Waals surface area (Å²) in [5.74, 6) is 0.936. The molecule has 3 rings (SSSR count). The van der Waals surface area contributed by atoms with Crippen LogP contribution in [0.5, 0.6) is 11.5 Å². The van der Waals surface area contributed by atoms with Crippen molar-refractivity contribution in [1.29, 1.82) is 0 Å². The van der Waals surface area contributed by atoms with E-state index in [-0.39, 0.29) is 22.9 Å². The highest BCUT2D eigenvalue weighted by molar-refractivity contribution is 8.00. The van der Waals surface area contributed by atoms with Crippen LogP contribution in [0.1, 0.15) is 34.8 Å². The number of aliphatic hydroxyl groups excluding tert-OH is 2. The Morgan fingerprint density at radius 2 is 1.92 bits per heavy atom. The molecule has 26 heavy (non-hydrogen) atoms. The topological polar surface area (TPSA) is 69.9 Å². The van der Waals surface area contributed by atoms with Gasteiger partial charge in [-0.1, -0.05) is 23.7 Å². The van der Waals surface area contributed by atoms with Gasteiger partial charge in [-0.15, -0.1) is 11.8 Å². The van der Waals surface area contributed by atoms with Crippen molar-refractivity contribution in [3.63, 3.8) is 0 Å². The quantitative estimate of drug-likeness (QED) is 0.716. The summed E-state index contributed by atoms with van der Waals surface area (Å²) < 4.78 is 5.18. The van der Waals surface area contributed by atoms with Crippen molar-refractivity contribution in [2.45, 2.75) is 35.9 Å². The van der Waals surface area contributed by atoms with Crippen molar-refractivity contribution in [3.05, 3.63) is 58.1 Å². The van der Waals surface area contributed by atoms with Gasteiger partial charge in [0.25, 0.3) is 0 Å². The third-order valence-corrected chi connectivity index (χ3v) is 6.53. The number of hydrogen-bond acceptors (Lipinski definition) is 5. The van der Waals surface area contributed by atoms with Gasteiger partial charge < -0.3 is 20.1 Å². The van der Waals surface area contributed by atoms with Crippen LogP contribution in [0, 0.1) is 0 Å². The number of thioether (sulfide) groups is 1. The molecule has 0 aliphatic carbocycles. The van der Waals surface area contributed by atoms with Gasteiger partial charge in [0, 0.05) is 21.1 Å². The van der Waals surface area contributed by atoms with Crippen molar-refractivity contribution in [3.8, 4) is 11.5 Å². The summed E-state index contributed by atoms with van der Waals surface area (Å²) in [6.07, 6.45) is 1.29. The molecule has 0 spiro atoms. The lowest BCUT2D eigenvalue weighted by Gasteiger charge is -2.32. The molecule has 3 atom stereocenters. The third kappa shape index (κ3) is 4.46. The van der Waals surface area contributed by atoms with Crippen molar-refractivity contribution in [2.24, 2.45) is 0 Å². The van der Waals surface area contributed by atoms with E-state index in [0.29, 0.717) is 24.3 Å². The Morgan fingerprint density at radius 3 is 2.58 bits per heavy atom. The average molecular weight is 395 g/mol. The fraction of sp³-hybridized carbons (Fsp3) is 0.400. The van der Waals surface area contributed by atoms with Crippen LogP contribution in [0.4, 0.5) is 0 Å². The first-order valence-electron chi connectivity index (χ1n) is 8.58. The van der Waals surface area contributed by atoms with E-state index in [2.05, 4.69) is 0 Å². The van der Waals surface area contributed by atoms with Crippen LogP contribution < -0.4 is 4.74 Å². The Hall–Kier alpha value is -1.40. The van der Waals surface area contributed by atoms with Gasteiger partial charge in [-0.05, 0) is 54.7 Å². The van der Waals surface area contributed by atoms with E-state index in [4.69, 9.17) is 16.3 Å². The predicted molar refractivity (Wildman–Crippen MR) is 105 cm³/mol. The maximum atomic E-state index is 10.4. The average Bonchev–Trinajstić information content (AvgIpc) is 2.64. The van der Waals surface area contributed by atoms with Gasteiger partial charge >= 0.3 is 0 Å². The molecule has 1 fully saturated rings. The number of methoxy groups -OCH3 is 1. The molecule has 0 amide bonds. The summed E-state index contributed by atoms with van der Waals surface area (Å²) in [4.78, 5) is 0. The van der Waals surface area contributed by atoms with Crippen molar-refractivity contribution >= 4 is 23.4 Å². The van der Waals surface area contributed by atoms with Crippen LogP contribution in [0.2, 0.25) is 5.02 Å². The number of aromatic hydroxyl groups is 1. The van der Waals surface area contributed by atoms with Gasteiger partial charge in [0.1, 0.15) is 11.5 Å². The molecule has 1 saturated heterocycles. The molecule has 0 radical (unpaired) electrons. The van der Waals surface area contributed by atoms with E-state index >= 15 is 0 Å². The summed E-state index contributed by atoms with van der Waals surface area (Å²) in [5, 5.41) is 30.4. The lowest BCUT2D eigenvalue weighted by atomic mass is 9.97. The number of ether oxygens (including phenoxy) is 1. The van der Waals surface area contributed by atoms with Gasteiger partial charge in [0.15, 0.2) is 0 Å². The molecule has 1 heterocycles. The number of halogens is 1. The summed E-state index contributed by atoms with van der Waals surface area (Å²) in [6, 6.07) is 11.3. The summed E-state index contributed by atoms with van der Waals surface area (Å²) in [6.45, 7) is 0.0191. The molecule has 3 N–H and O–H groups in total. The fourth-order valence-electron chi connectivity index (χ4n) is 3.29. The molecule has 140 valence electrons. The number of phenolic OH excluding ortho intramolecular Hbond substituents is 1. The predicted octanol–water partition coefficient (Wildman–Crippen LogP) is 3.93. The summed E-state index contributed by atoms with van der Waals surface area (Å²) in [5.41, 5.74) is 2.78. The van der Waals surface area contributed by atoms with Crippen LogP contribution in [0.3, 0.4) is 0 Å². The zero-order valence-electron chi connectivity index (χ0n) is 14.6. The van der Waals surface area contributed by atoms with E-state index < -0.39 is 6.10 Å². The van der Waals surface area contributed by atoms with Gasteiger partial charge in [-0.25, -0.2) is 0 Å². The molecular formula is C20H23ClO4S. The molecule has 4 nitrogen and oxygen atoms in total. The van der Waals surface area contributed by atoms with E-state index in [9.17, 15) is 15.3 Å². The molecule has 2 aromatic rings. The van der Waals surface area contributed by atoms with E-state index in [0.717, 1.165) is 22.4 Å². The third-order valence-electron chi connectivity index (χ3n) is 4.68. The zero-order chi connectivity index (χ0) is 18.7. The number of benzene rings is 2. The number of rotatable bonds is 5. The lowest BCUT2D eigenvalue weighted by Crippen LogP contribution is -2.26. The monoisotopic (exact) mass is 394 g/mol. The Morgan fingerprint density at radius 1 is 1.19 bits per heavy atom. The van der Waals surface area contributed by atoms with Crippen LogP contribution in [0.25, 0.3) is 0 Å². The Balaban J connectivity index is 1.86. The standard InChI is InChI=1S/C20H23ClO4S/c1-25-15-4-2-12(3-5-15)6-13-7-17(19(24)10-18(13)21)20-9-14(23)8-16(11-22)26-20/h2-5,7,10,14,16,20,22-24H,6,8-9,11H2,1H3. The summed E-state index contributed by atoms with van der Waals surface area (Å²) in [7, 11) is 1.63. The van der Waals surface area contributed by atoms with Crippen molar-refractivity contribution in [2.75, 3.05) is 13.7 Å². The first-order chi connectivity index (χ1) is 12.5. The molecule has 1 aliphatic rings. The van der Waals surface area contributed by atoms with Crippen LogP contribution in [-0.4, -0.2) is 40.4 Å². The molecule has 0 bridgehead atoms. The van der Waals surface area contributed by atoms with Crippen molar-refractivity contribution < 1.29 is 20.1 Å². The molecule has 1 aliphatic heterocycles. The maximum Gasteiger partial charge on any atom is 0.121 e. The second-order valence-electron chi connectivity index (χ2n) is 6.58. The van der Waals surface area contributed by atoms with E-state index in [1.807, 2.05) is 30.3 Å². The van der Waals surface area contributed by atoms with Gasteiger partial charge in [0.2, 0.25) is 0 Å². The largest absolute Gasteiger partial charge is 0.508 e. The van der Waals surface area contributed by atoms with Gasteiger partial charge in [0.05, 0.1) is 19.8 Å². The van der Waals surface area contributed by atoms with Gasteiger partial charge in [-0.3, -0.25) is 0 Å². The Bertz CT molecular complexity index is 750. The number of hydrogen-bond donors (Lipinski definition) is 3. The van der Waals surface area contributed by atoms with Gasteiger partial charge in [-0.2, -0.15) is 0 Å². The smallest absolute Gasteiger partial charge is 0.121 e. The van der Waals surface area contributed by atoms with Crippen molar-refractivity contribution in [1.82, 2.24) is 0 Å². The first-order valence-corrected chi connectivity index (χ1v) is 9.90. The SMILES string of the molecule is COc1ccc(Cc2cc(C3CC(O)CC(CO)S3)c(O)cc2Cl)cc1. The normalized spacial score (nSPS) is 23.0. The minimum Gasteiger partial charge on any atom is -0.508 e. The zero-order valence-corrected chi connectivity index (χ0v) is 16.1. The highest BCUT2D eigenvalue weighted by Gasteiger charge is 2.30. The highest BCUT2D eigenvalue weighted by Crippen LogP contribution is 2.46. The highest BCUT2D eigenvalue weighted by atomic mass is 35.5. The summed E-state index contributed by atoms with van der Waals surface area (Å²) >= 11 is 7.95. The Labute approximate surface area is 162 Å². The maximum absolute atomic E-state index is 10.4. The van der Waals surface area contributed by atoms with E-state index in [1.54, 1.807) is 24.9 Å². The second-order valence-corrected chi connectivity index (χ2v) is 8.50. The molecular weight excluding hydrogens is 372 g/mol. The lowest BCUT2D eigenvalue weighted by molar-refractivity contribution is 0.137. The fourth-order valence-corrected chi connectivity index (χ4v) is 5.07. The minimum absolute atomic E-state index is 0.0191. The van der Waals surface area contributed by atoms with Crippen LogP contribution >= 0.6 is 23.4 Å². The Kier molecular flexibility index (Phi) is 6.35. The minimum atomic E-state index is -0.474. The van der Waals surface area contributed by atoms with Crippen LogP contribution in [-0.2, 0) is 6.42 Å².